The highest BCUT2D eigenvalue weighted by atomic mass is 35.5. The third kappa shape index (κ3) is 1.75. The van der Waals surface area contributed by atoms with Crippen molar-refractivity contribution in [3.63, 3.8) is 0 Å². The number of rotatable bonds is 3. The van der Waals surface area contributed by atoms with Crippen molar-refractivity contribution in [3.05, 3.63) is 29.8 Å². The highest BCUT2D eigenvalue weighted by Gasteiger charge is 2.42. The lowest BCUT2D eigenvalue weighted by molar-refractivity contribution is -0.112. The van der Waals surface area contributed by atoms with Gasteiger partial charge in [0.15, 0.2) is 0 Å². The molecule has 0 unspecified atom stereocenters. The van der Waals surface area contributed by atoms with Crippen LogP contribution in [-0.4, -0.2) is 12.4 Å². The zero-order valence-corrected chi connectivity index (χ0v) is 8.62. The maximum atomic E-state index is 10.9. The maximum absolute atomic E-state index is 10.9. The molecule has 2 nitrogen and oxygen atoms in total. The van der Waals surface area contributed by atoms with Crippen LogP contribution in [0.3, 0.4) is 0 Å². The van der Waals surface area contributed by atoms with Gasteiger partial charge in [-0.15, -0.1) is 0 Å². The molecule has 2 rings (SSSR count). The monoisotopic (exact) mass is 210 g/mol. The van der Waals surface area contributed by atoms with Crippen molar-refractivity contribution in [2.24, 2.45) is 5.92 Å². The number of carbonyl (C=O) groups excluding carboxylic acids is 1. The van der Waals surface area contributed by atoms with Crippen molar-refractivity contribution < 1.29 is 9.53 Å². The van der Waals surface area contributed by atoms with Gasteiger partial charge in [-0.2, -0.15) is 0 Å². The van der Waals surface area contributed by atoms with Gasteiger partial charge in [0.2, 0.25) is 5.24 Å². The molecule has 14 heavy (non-hydrogen) atoms. The predicted molar refractivity (Wildman–Crippen MR) is 54.7 cm³/mol. The third-order valence-electron chi connectivity index (χ3n) is 2.63. The Morgan fingerprint density at radius 2 is 2.07 bits per heavy atom. The number of methoxy groups -OCH3 is 1. The van der Waals surface area contributed by atoms with Crippen molar-refractivity contribution in [1.82, 2.24) is 0 Å². The van der Waals surface area contributed by atoms with Crippen LogP contribution >= 0.6 is 11.6 Å². The van der Waals surface area contributed by atoms with Crippen molar-refractivity contribution in [2.45, 2.75) is 12.3 Å². The molecule has 0 N–H and O–H groups in total. The average molecular weight is 211 g/mol. The molecule has 0 aromatic heterocycles. The minimum absolute atomic E-state index is 0.0325. The molecule has 3 heteroatoms. The fraction of sp³-hybridized carbons (Fsp3) is 0.364. The van der Waals surface area contributed by atoms with Gasteiger partial charge < -0.3 is 4.74 Å². The Kier molecular flexibility index (Phi) is 2.46. The predicted octanol–water partition coefficient (Wildman–Crippen LogP) is 2.56. The molecule has 0 amide bonds. The van der Waals surface area contributed by atoms with Crippen molar-refractivity contribution in [3.8, 4) is 5.75 Å². The van der Waals surface area contributed by atoms with E-state index in [1.54, 1.807) is 7.11 Å². The maximum Gasteiger partial charge on any atom is 0.225 e. The second kappa shape index (κ2) is 3.62. The number of carbonyl (C=O) groups is 1. The Labute approximate surface area is 87.8 Å². The Hall–Kier alpha value is -1.02. The lowest BCUT2D eigenvalue weighted by atomic mass is 10.1. The van der Waals surface area contributed by atoms with Gasteiger partial charge in [0.1, 0.15) is 5.75 Å². The molecule has 2 atom stereocenters. The normalized spacial score (nSPS) is 24.4. The molecule has 1 aliphatic rings. The quantitative estimate of drug-likeness (QED) is 0.717. The Morgan fingerprint density at radius 1 is 1.43 bits per heavy atom. The summed E-state index contributed by atoms with van der Waals surface area (Å²) in [6.45, 7) is 0. The Morgan fingerprint density at radius 3 is 2.50 bits per heavy atom. The summed E-state index contributed by atoms with van der Waals surface area (Å²) in [6.07, 6.45) is 0.884. The van der Waals surface area contributed by atoms with E-state index in [-0.39, 0.29) is 11.2 Å². The van der Waals surface area contributed by atoms with Crippen LogP contribution in [0.1, 0.15) is 17.9 Å². The lowest BCUT2D eigenvalue weighted by Crippen LogP contribution is -1.91. The smallest absolute Gasteiger partial charge is 0.225 e. The first-order valence-corrected chi connectivity index (χ1v) is 4.93. The van der Waals surface area contributed by atoms with E-state index in [4.69, 9.17) is 16.3 Å². The highest BCUT2D eigenvalue weighted by molar-refractivity contribution is 6.64. The van der Waals surface area contributed by atoms with Gasteiger partial charge in [-0.25, -0.2) is 0 Å². The Bertz CT molecular complexity index is 345. The van der Waals surface area contributed by atoms with Crippen LogP contribution in [0, 0.1) is 5.92 Å². The summed E-state index contributed by atoms with van der Waals surface area (Å²) in [4.78, 5) is 10.9. The Balaban J connectivity index is 2.08. The highest BCUT2D eigenvalue weighted by Crippen LogP contribution is 2.48. The number of hydrogen-bond donors (Lipinski definition) is 0. The van der Waals surface area contributed by atoms with Crippen molar-refractivity contribution in [2.75, 3.05) is 7.11 Å². The largest absolute Gasteiger partial charge is 0.497 e. The molecule has 1 aromatic rings. The molecule has 0 spiro atoms. The van der Waals surface area contributed by atoms with Gasteiger partial charge in [0, 0.05) is 5.92 Å². The standard InChI is InChI=1S/C11H11ClO2/c1-14-8-4-2-7(3-5-8)9-6-10(9)11(12)13/h2-5,9-10H,6H2,1H3/t9-,10+/m0/s1. The second-order valence-corrected chi connectivity index (χ2v) is 3.90. The first-order chi connectivity index (χ1) is 6.72. The number of benzene rings is 1. The first-order valence-electron chi connectivity index (χ1n) is 4.55. The van der Waals surface area contributed by atoms with Crippen LogP contribution < -0.4 is 4.74 Å². The van der Waals surface area contributed by atoms with Gasteiger partial charge in [0.05, 0.1) is 7.11 Å². The minimum Gasteiger partial charge on any atom is -0.497 e. The molecule has 0 aliphatic heterocycles. The van der Waals surface area contributed by atoms with Crippen LogP contribution in [0.15, 0.2) is 24.3 Å². The molecule has 1 saturated carbocycles. The van der Waals surface area contributed by atoms with Crippen LogP contribution in [-0.2, 0) is 4.79 Å². The molecule has 1 aromatic carbocycles. The summed E-state index contributed by atoms with van der Waals surface area (Å²) in [5.74, 6) is 1.19. The van der Waals surface area contributed by atoms with E-state index in [1.807, 2.05) is 24.3 Å². The number of halogens is 1. The summed E-state index contributed by atoms with van der Waals surface area (Å²) in [6, 6.07) is 7.79. The summed E-state index contributed by atoms with van der Waals surface area (Å²) in [5, 5.41) is -0.217. The van der Waals surface area contributed by atoms with Crippen LogP contribution in [0.25, 0.3) is 0 Å². The summed E-state index contributed by atoms with van der Waals surface area (Å²) in [5.41, 5.74) is 1.17. The van der Waals surface area contributed by atoms with Gasteiger partial charge in [-0.05, 0) is 41.6 Å². The SMILES string of the molecule is COc1ccc([C@@H]2C[C@H]2C(=O)Cl)cc1. The number of ether oxygens (including phenoxy) is 1. The molecule has 0 radical (unpaired) electrons. The lowest BCUT2D eigenvalue weighted by Gasteiger charge is -2.01. The molecule has 0 bridgehead atoms. The fourth-order valence-corrected chi connectivity index (χ4v) is 1.91. The fourth-order valence-electron chi connectivity index (χ4n) is 1.67. The van der Waals surface area contributed by atoms with Crippen LogP contribution in [0.5, 0.6) is 5.75 Å². The summed E-state index contributed by atoms with van der Waals surface area (Å²) >= 11 is 5.41. The molecule has 0 heterocycles. The molecule has 1 aliphatic carbocycles. The third-order valence-corrected chi connectivity index (χ3v) is 2.91. The molecule has 74 valence electrons. The van der Waals surface area contributed by atoms with Gasteiger partial charge in [0.25, 0.3) is 0 Å². The molecule has 0 saturated heterocycles. The van der Waals surface area contributed by atoms with E-state index in [0.29, 0.717) is 5.92 Å². The van der Waals surface area contributed by atoms with Gasteiger partial charge in [-0.3, -0.25) is 4.79 Å². The van der Waals surface area contributed by atoms with E-state index in [0.717, 1.165) is 12.2 Å². The molecular weight excluding hydrogens is 200 g/mol. The van der Waals surface area contributed by atoms with E-state index < -0.39 is 0 Å². The first kappa shape index (κ1) is 9.53. The van der Waals surface area contributed by atoms with E-state index in [2.05, 4.69) is 0 Å². The van der Waals surface area contributed by atoms with Crippen LogP contribution in [0.2, 0.25) is 0 Å². The van der Waals surface area contributed by atoms with Crippen molar-refractivity contribution in [1.29, 1.82) is 0 Å². The summed E-state index contributed by atoms with van der Waals surface area (Å²) in [7, 11) is 1.64. The molecule has 1 fully saturated rings. The van der Waals surface area contributed by atoms with Gasteiger partial charge >= 0.3 is 0 Å². The van der Waals surface area contributed by atoms with E-state index >= 15 is 0 Å². The minimum atomic E-state index is -0.217. The summed E-state index contributed by atoms with van der Waals surface area (Å²) < 4.78 is 5.05. The average Bonchev–Trinajstić information content (AvgIpc) is 2.97. The second-order valence-electron chi connectivity index (χ2n) is 3.53. The van der Waals surface area contributed by atoms with Crippen molar-refractivity contribution >= 4 is 16.8 Å². The van der Waals surface area contributed by atoms with E-state index in [1.165, 1.54) is 5.56 Å². The topological polar surface area (TPSA) is 26.3 Å². The van der Waals surface area contributed by atoms with E-state index in [9.17, 15) is 4.79 Å². The number of hydrogen-bond acceptors (Lipinski definition) is 2. The van der Waals surface area contributed by atoms with Crippen LogP contribution in [0.4, 0.5) is 0 Å². The zero-order valence-electron chi connectivity index (χ0n) is 7.87. The molecular formula is C11H11ClO2. The zero-order chi connectivity index (χ0) is 10.1. The van der Waals surface area contributed by atoms with Gasteiger partial charge in [-0.1, -0.05) is 12.1 Å².